The van der Waals surface area contributed by atoms with Gasteiger partial charge in [-0.05, 0) is 60.2 Å². The largest absolute Gasteiger partial charge is 0.497 e. The number of nitrogens with one attached hydrogen (secondary N) is 1. The van der Waals surface area contributed by atoms with E-state index in [0.717, 1.165) is 0 Å². The first-order valence-corrected chi connectivity index (χ1v) is 11.2. The van der Waals surface area contributed by atoms with Gasteiger partial charge in [0.2, 0.25) is 0 Å². The van der Waals surface area contributed by atoms with E-state index in [2.05, 4.69) is 4.72 Å². The topological polar surface area (TPSA) is 134 Å². The lowest BCUT2D eigenvalue weighted by Crippen LogP contribution is -2.20. The van der Waals surface area contributed by atoms with Crippen LogP contribution in [0.15, 0.2) is 77.7 Å². The fraction of sp³-hybridized carbons (Fsp3) is 0.130. The highest BCUT2D eigenvalue weighted by molar-refractivity contribution is 7.92. The number of rotatable bonds is 10. The summed E-state index contributed by atoms with van der Waals surface area (Å²) in [4.78, 5) is 23.2. The number of nitrogens with two attached hydrogens (primary N) is 1. The highest BCUT2D eigenvalue weighted by atomic mass is 32.2. The summed E-state index contributed by atoms with van der Waals surface area (Å²) in [6.45, 7) is -0.344. The monoisotopic (exact) mass is 470 g/mol. The van der Waals surface area contributed by atoms with Gasteiger partial charge in [-0.2, -0.15) is 0 Å². The van der Waals surface area contributed by atoms with E-state index in [0.29, 0.717) is 22.7 Å². The molecule has 172 valence electrons. The molecule has 0 atom stereocenters. The molecule has 0 fully saturated rings. The zero-order chi connectivity index (χ0) is 23.8. The first-order chi connectivity index (χ1) is 15.8. The summed E-state index contributed by atoms with van der Waals surface area (Å²) >= 11 is 0. The van der Waals surface area contributed by atoms with E-state index in [1.807, 2.05) is 0 Å². The highest BCUT2D eigenvalue weighted by Gasteiger charge is 2.17. The van der Waals surface area contributed by atoms with Crippen LogP contribution in [0, 0.1) is 0 Å². The Kier molecular flexibility index (Phi) is 7.52. The van der Waals surface area contributed by atoms with Crippen LogP contribution in [-0.4, -0.2) is 34.0 Å². The second-order valence-corrected chi connectivity index (χ2v) is 8.52. The van der Waals surface area contributed by atoms with E-state index in [4.69, 9.17) is 19.9 Å². The first kappa shape index (κ1) is 23.6. The van der Waals surface area contributed by atoms with Crippen molar-refractivity contribution in [1.29, 1.82) is 0 Å². The Bertz CT molecular complexity index is 1240. The van der Waals surface area contributed by atoms with Crippen molar-refractivity contribution in [2.45, 2.75) is 11.5 Å². The van der Waals surface area contributed by atoms with Gasteiger partial charge in [0.15, 0.2) is 6.61 Å². The van der Waals surface area contributed by atoms with Gasteiger partial charge in [-0.15, -0.1) is 0 Å². The van der Waals surface area contributed by atoms with Gasteiger partial charge in [0.05, 0.1) is 17.6 Å². The van der Waals surface area contributed by atoms with Crippen molar-refractivity contribution >= 4 is 27.6 Å². The maximum Gasteiger partial charge on any atom is 0.338 e. The molecule has 0 radical (unpaired) electrons. The van der Waals surface area contributed by atoms with E-state index >= 15 is 0 Å². The normalized spacial score (nSPS) is 10.8. The van der Waals surface area contributed by atoms with E-state index in [9.17, 15) is 18.0 Å². The summed E-state index contributed by atoms with van der Waals surface area (Å²) < 4.78 is 43.5. The van der Waals surface area contributed by atoms with Crippen molar-refractivity contribution in [2.24, 2.45) is 5.73 Å². The molecule has 33 heavy (non-hydrogen) atoms. The summed E-state index contributed by atoms with van der Waals surface area (Å²) in [5.41, 5.74) is 6.10. The molecule has 3 rings (SSSR count). The third-order valence-corrected chi connectivity index (χ3v) is 5.75. The van der Waals surface area contributed by atoms with E-state index in [1.165, 1.54) is 31.4 Å². The van der Waals surface area contributed by atoms with Gasteiger partial charge in [-0.25, -0.2) is 13.2 Å². The van der Waals surface area contributed by atoms with Gasteiger partial charge < -0.3 is 19.9 Å². The molecule has 0 aliphatic heterocycles. The molecule has 0 bridgehead atoms. The van der Waals surface area contributed by atoms with Gasteiger partial charge in [0.1, 0.15) is 18.1 Å². The minimum atomic E-state index is -3.93. The predicted octanol–water partition coefficient (Wildman–Crippen LogP) is 2.72. The quantitative estimate of drug-likeness (QED) is 0.435. The van der Waals surface area contributed by atoms with Gasteiger partial charge in [0.25, 0.3) is 15.9 Å². The van der Waals surface area contributed by atoms with Crippen LogP contribution in [0.25, 0.3) is 0 Å². The number of hydrogen-bond donors (Lipinski definition) is 2. The van der Waals surface area contributed by atoms with Crippen LogP contribution in [0.2, 0.25) is 0 Å². The van der Waals surface area contributed by atoms with Crippen molar-refractivity contribution in [3.05, 3.63) is 83.9 Å². The molecule has 0 unspecified atom stereocenters. The van der Waals surface area contributed by atoms with Crippen molar-refractivity contribution in [1.82, 2.24) is 0 Å². The zero-order valence-electron chi connectivity index (χ0n) is 17.7. The Labute approximate surface area is 191 Å². The number of esters is 1. The van der Waals surface area contributed by atoms with Crippen molar-refractivity contribution in [3.8, 4) is 11.5 Å². The van der Waals surface area contributed by atoms with Crippen molar-refractivity contribution < 1.29 is 32.2 Å². The molecule has 1 amide bonds. The standard InChI is InChI=1S/C23H22N2O7S/c1-30-19-10-8-18(9-11-19)25-33(28,29)21-7-3-5-17(13-21)23(27)32-14-16-4-2-6-20(12-16)31-15-22(24)26/h2-13,25H,14-15H2,1H3,(H2,24,26). The number of carbonyl (C=O) groups is 2. The first-order valence-electron chi connectivity index (χ1n) is 9.71. The summed E-state index contributed by atoms with van der Waals surface area (Å²) in [7, 11) is -2.42. The van der Waals surface area contributed by atoms with Crippen molar-refractivity contribution in [2.75, 3.05) is 18.4 Å². The smallest absolute Gasteiger partial charge is 0.338 e. The number of sulfonamides is 1. The van der Waals surface area contributed by atoms with E-state index in [-0.39, 0.29) is 23.7 Å². The summed E-state index contributed by atoms with van der Waals surface area (Å²) in [5.74, 6) is -0.309. The predicted molar refractivity (Wildman–Crippen MR) is 120 cm³/mol. The Hall–Kier alpha value is -4.05. The molecule has 0 aliphatic carbocycles. The lowest BCUT2D eigenvalue weighted by molar-refractivity contribution is -0.119. The van der Waals surface area contributed by atoms with Gasteiger partial charge in [-0.1, -0.05) is 18.2 Å². The molecule has 0 spiro atoms. The molecule has 0 aromatic heterocycles. The van der Waals surface area contributed by atoms with Crippen LogP contribution < -0.4 is 19.9 Å². The minimum Gasteiger partial charge on any atom is -0.497 e. The number of benzene rings is 3. The molecular formula is C23H22N2O7S. The number of anilines is 1. The van der Waals surface area contributed by atoms with Crippen LogP contribution in [0.3, 0.4) is 0 Å². The Morgan fingerprint density at radius 2 is 1.67 bits per heavy atom. The number of hydrogen-bond acceptors (Lipinski definition) is 7. The summed E-state index contributed by atoms with van der Waals surface area (Å²) in [6.07, 6.45) is 0. The van der Waals surface area contributed by atoms with Gasteiger partial charge in [-0.3, -0.25) is 9.52 Å². The third-order valence-electron chi connectivity index (χ3n) is 4.37. The highest BCUT2D eigenvalue weighted by Crippen LogP contribution is 2.21. The molecule has 3 aromatic rings. The van der Waals surface area contributed by atoms with Crippen LogP contribution in [-0.2, 0) is 26.2 Å². The zero-order valence-corrected chi connectivity index (χ0v) is 18.5. The Morgan fingerprint density at radius 1 is 0.939 bits per heavy atom. The lowest BCUT2D eigenvalue weighted by atomic mass is 10.2. The fourth-order valence-corrected chi connectivity index (χ4v) is 3.88. The molecule has 9 nitrogen and oxygen atoms in total. The number of methoxy groups -OCH3 is 1. The molecule has 0 saturated carbocycles. The number of amides is 1. The number of primary amides is 1. The van der Waals surface area contributed by atoms with Crippen molar-refractivity contribution in [3.63, 3.8) is 0 Å². The fourth-order valence-electron chi connectivity index (χ4n) is 2.78. The maximum atomic E-state index is 12.7. The molecular weight excluding hydrogens is 448 g/mol. The van der Waals surface area contributed by atoms with Gasteiger partial charge in [0, 0.05) is 5.69 Å². The minimum absolute atomic E-state index is 0.0757. The van der Waals surface area contributed by atoms with E-state index in [1.54, 1.807) is 48.5 Å². The molecule has 3 aromatic carbocycles. The number of ether oxygens (including phenoxy) is 3. The molecule has 0 saturated heterocycles. The average Bonchev–Trinajstić information content (AvgIpc) is 2.82. The molecule has 3 N–H and O–H groups in total. The summed E-state index contributed by atoms with van der Waals surface area (Å²) in [6, 6.07) is 18.5. The molecule has 0 aliphatic rings. The second-order valence-electron chi connectivity index (χ2n) is 6.84. The number of carbonyl (C=O) groups excluding carboxylic acids is 2. The van der Waals surface area contributed by atoms with Crippen LogP contribution in [0.4, 0.5) is 5.69 Å². The summed E-state index contributed by atoms with van der Waals surface area (Å²) in [5, 5.41) is 0. The molecule has 0 heterocycles. The Balaban J connectivity index is 1.66. The van der Waals surface area contributed by atoms with Crippen LogP contribution in [0.1, 0.15) is 15.9 Å². The lowest BCUT2D eigenvalue weighted by Gasteiger charge is -2.10. The van der Waals surface area contributed by atoms with Crippen LogP contribution >= 0.6 is 0 Å². The second kappa shape index (κ2) is 10.5. The SMILES string of the molecule is COc1ccc(NS(=O)(=O)c2cccc(C(=O)OCc3cccc(OCC(N)=O)c3)c2)cc1. The molecule has 10 heteroatoms. The van der Waals surface area contributed by atoms with Gasteiger partial charge >= 0.3 is 5.97 Å². The van der Waals surface area contributed by atoms with E-state index < -0.39 is 21.9 Å². The Morgan fingerprint density at radius 3 is 2.36 bits per heavy atom. The maximum absolute atomic E-state index is 12.7. The van der Waals surface area contributed by atoms with Crippen LogP contribution in [0.5, 0.6) is 11.5 Å². The average molecular weight is 471 g/mol. The third kappa shape index (κ3) is 6.71.